The number of thiazole rings is 1. The van der Waals surface area contributed by atoms with Crippen LogP contribution in [-0.2, 0) is 5.75 Å². The van der Waals surface area contributed by atoms with Gasteiger partial charge in [-0.05, 0) is 30.7 Å². The summed E-state index contributed by atoms with van der Waals surface area (Å²) in [5.74, 6) is 1.58. The highest BCUT2D eigenvalue weighted by Gasteiger charge is 2.20. The van der Waals surface area contributed by atoms with E-state index in [2.05, 4.69) is 27.4 Å². The number of halogens is 1. The third-order valence-electron chi connectivity index (χ3n) is 4.64. The average Bonchev–Trinajstić information content (AvgIpc) is 3.56. The SMILES string of the molecule is CCCCCNC(=O)c1csc(CSc2nnc(-c3ccco3)n2-c2ccccc2Cl)n1. The van der Waals surface area contributed by atoms with Crippen LogP contribution in [0.15, 0.2) is 57.6 Å². The number of carbonyl (C=O) groups excluding carboxylic acids is 1. The van der Waals surface area contributed by atoms with Crippen LogP contribution in [0, 0.1) is 0 Å². The lowest BCUT2D eigenvalue weighted by Gasteiger charge is -2.10. The van der Waals surface area contributed by atoms with E-state index >= 15 is 0 Å². The van der Waals surface area contributed by atoms with Gasteiger partial charge in [-0.3, -0.25) is 9.36 Å². The topological polar surface area (TPSA) is 85.8 Å². The molecule has 1 amide bonds. The number of nitrogens with one attached hydrogen (secondary N) is 1. The van der Waals surface area contributed by atoms with Gasteiger partial charge in [-0.1, -0.05) is 55.3 Å². The minimum absolute atomic E-state index is 0.132. The molecule has 10 heteroatoms. The second kappa shape index (κ2) is 10.8. The maximum atomic E-state index is 12.3. The van der Waals surface area contributed by atoms with Crippen LogP contribution in [-0.4, -0.2) is 32.2 Å². The number of carbonyl (C=O) groups is 1. The number of rotatable bonds is 10. The first-order valence-electron chi connectivity index (χ1n) is 10.3. The monoisotopic (exact) mass is 487 g/mol. The molecule has 0 saturated heterocycles. The van der Waals surface area contributed by atoms with E-state index in [9.17, 15) is 4.79 Å². The molecule has 166 valence electrons. The molecule has 4 aromatic rings. The Morgan fingerprint density at radius 3 is 2.88 bits per heavy atom. The van der Waals surface area contributed by atoms with Crippen LogP contribution in [0.25, 0.3) is 17.3 Å². The van der Waals surface area contributed by atoms with Gasteiger partial charge < -0.3 is 9.73 Å². The van der Waals surface area contributed by atoms with Crippen LogP contribution in [0.2, 0.25) is 5.02 Å². The fourth-order valence-electron chi connectivity index (χ4n) is 3.05. The summed E-state index contributed by atoms with van der Waals surface area (Å²) in [5, 5.41) is 15.5. The number of benzene rings is 1. The van der Waals surface area contributed by atoms with Crippen molar-refractivity contribution in [3.8, 4) is 17.3 Å². The van der Waals surface area contributed by atoms with Gasteiger partial charge in [-0.25, -0.2) is 4.98 Å². The van der Waals surface area contributed by atoms with Gasteiger partial charge in [0.1, 0.15) is 10.7 Å². The highest BCUT2D eigenvalue weighted by Crippen LogP contribution is 2.33. The van der Waals surface area contributed by atoms with Crippen LogP contribution in [0.5, 0.6) is 0 Å². The molecule has 1 aromatic carbocycles. The summed E-state index contributed by atoms with van der Waals surface area (Å²) in [6.07, 6.45) is 4.79. The lowest BCUT2D eigenvalue weighted by atomic mass is 10.2. The lowest BCUT2D eigenvalue weighted by Crippen LogP contribution is -2.24. The summed E-state index contributed by atoms with van der Waals surface area (Å²) in [7, 11) is 0. The Morgan fingerprint density at radius 1 is 1.22 bits per heavy atom. The summed E-state index contributed by atoms with van der Waals surface area (Å²) >= 11 is 9.40. The van der Waals surface area contributed by atoms with E-state index in [0.717, 1.165) is 30.0 Å². The fourth-order valence-corrected chi connectivity index (χ4v) is 5.01. The van der Waals surface area contributed by atoms with Crippen LogP contribution in [0.1, 0.15) is 41.7 Å². The van der Waals surface area contributed by atoms with Gasteiger partial charge in [-0.15, -0.1) is 21.5 Å². The Balaban J connectivity index is 1.50. The quantitative estimate of drug-likeness (QED) is 0.223. The molecule has 3 aromatic heterocycles. The molecule has 0 fully saturated rings. The number of thioether (sulfide) groups is 1. The molecular weight excluding hydrogens is 466 g/mol. The summed E-state index contributed by atoms with van der Waals surface area (Å²) in [4.78, 5) is 16.8. The van der Waals surface area contributed by atoms with Crippen molar-refractivity contribution >= 4 is 40.6 Å². The Hall–Kier alpha value is -2.62. The van der Waals surface area contributed by atoms with Crippen LogP contribution in [0.3, 0.4) is 0 Å². The van der Waals surface area contributed by atoms with Crippen LogP contribution >= 0.6 is 34.7 Å². The van der Waals surface area contributed by atoms with E-state index in [4.69, 9.17) is 16.0 Å². The normalized spacial score (nSPS) is 11.1. The Kier molecular flexibility index (Phi) is 7.62. The highest BCUT2D eigenvalue weighted by molar-refractivity contribution is 7.98. The van der Waals surface area contributed by atoms with Gasteiger partial charge in [0.05, 0.1) is 22.7 Å². The molecule has 7 nitrogen and oxygen atoms in total. The van der Waals surface area contributed by atoms with Gasteiger partial charge in [0.2, 0.25) is 5.82 Å². The number of hydrogen-bond donors (Lipinski definition) is 1. The number of amides is 1. The van der Waals surface area contributed by atoms with Crippen molar-refractivity contribution in [1.82, 2.24) is 25.1 Å². The molecule has 0 aliphatic heterocycles. The smallest absolute Gasteiger partial charge is 0.270 e. The molecule has 4 rings (SSSR count). The lowest BCUT2D eigenvalue weighted by molar-refractivity contribution is 0.0948. The van der Waals surface area contributed by atoms with Crippen LogP contribution in [0.4, 0.5) is 0 Å². The Bertz CT molecular complexity index is 1170. The van der Waals surface area contributed by atoms with E-state index in [1.54, 1.807) is 17.7 Å². The van der Waals surface area contributed by atoms with Crippen molar-refractivity contribution in [1.29, 1.82) is 0 Å². The van der Waals surface area contributed by atoms with Gasteiger partial charge in [-0.2, -0.15) is 0 Å². The first-order valence-corrected chi connectivity index (χ1v) is 12.5. The summed E-state index contributed by atoms with van der Waals surface area (Å²) in [5.41, 5.74) is 1.21. The van der Waals surface area contributed by atoms with E-state index in [0.29, 0.717) is 39.8 Å². The van der Waals surface area contributed by atoms with E-state index in [1.807, 2.05) is 34.9 Å². The largest absolute Gasteiger partial charge is 0.461 e. The molecule has 1 N–H and O–H groups in total. The molecule has 3 heterocycles. The molecule has 0 spiro atoms. The maximum absolute atomic E-state index is 12.3. The fraction of sp³-hybridized carbons (Fsp3) is 0.273. The Morgan fingerprint density at radius 2 is 2.09 bits per heavy atom. The van der Waals surface area contributed by atoms with Crippen molar-refractivity contribution in [2.45, 2.75) is 37.1 Å². The second-order valence-corrected chi connectivity index (χ2v) is 9.24. The van der Waals surface area contributed by atoms with Gasteiger partial charge >= 0.3 is 0 Å². The van der Waals surface area contributed by atoms with Crippen LogP contribution < -0.4 is 5.32 Å². The zero-order valence-electron chi connectivity index (χ0n) is 17.5. The van der Waals surface area contributed by atoms with E-state index in [1.165, 1.54) is 23.1 Å². The minimum Gasteiger partial charge on any atom is -0.461 e. The first-order chi connectivity index (χ1) is 15.7. The third-order valence-corrected chi connectivity index (χ3v) is 6.93. The predicted octanol–water partition coefficient (Wildman–Crippen LogP) is 5.85. The number of aromatic nitrogens is 4. The molecule has 0 radical (unpaired) electrons. The molecule has 0 aliphatic rings. The minimum atomic E-state index is -0.132. The molecule has 0 bridgehead atoms. The highest BCUT2D eigenvalue weighted by atomic mass is 35.5. The number of furan rings is 1. The summed E-state index contributed by atoms with van der Waals surface area (Å²) in [6, 6.07) is 11.2. The number of para-hydroxylation sites is 1. The standard InChI is InChI=1S/C22H22ClN5O2S2/c1-2-3-6-11-24-21(29)16-13-31-19(25-16)14-32-22-27-26-20(18-10-7-12-30-18)28(22)17-9-5-4-8-15(17)23/h4-5,7-10,12-13H,2-3,6,11,14H2,1H3,(H,24,29). The Labute approximate surface area is 199 Å². The first kappa shape index (κ1) is 22.6. The number of unbranched alkanes of at least 4 members (excludes halogenated alkanes) is 2. The second-order valence-electron chi connectivity index (χ2n) is 6.95. The molecule has 0 atom stereocenters. The van der Waals surface area contributed by atoms with Crippen molar-refractivity contribution in [2.75, 3.05) is 6.54 Å². The molecule has 0 aliphatic carbocycles. The maximum Gasteiger partial charge on any atom is 0.270 e. The van der Waals surface area contributed by atoms with Gasteiger partial charge in [0, 0.05) is 11.9 Å². The average molecular weight is 488 g/mol. The zero-order valence-corrected chi connectivity index (χ0v) is 19.8. The summed E-state index contributed by atoms with van der Waals surface area (Å²) in [6.45, 7) is 2.81. The predicted molar refractivity (Wildman–Crippen MR) is 128 cm³/mol. The van der Waals surface area contributed by atoms with Crippen molar-refractivity contribution in [3.63, 3.8) is 0 Å². The number of nitrogens with zero attached hydrogens (tertiary/aromatic N) is 4. The van der Waals surface area contributed by atoms with Gasteiger partial charge in [0.25, 0.3) is 5.91 Å². The number of hydrogen-bond acceptors (Lipinski definition) is 7. The van der Waals surface area contributed by atoms with Crippen molar-refractivity contribution in [2.24, 2.45) is 0 Å². The van der Waals surface area contributed by atoms with Crippen molar-refractivity contribution < 1.29 is 9.21 Å². The molecule has 32 heavy (non-hydrogen) atoms. The molecule has 0 unspecified atom stereocenters. The third kappa shape index (κ3) is 5.23. The van der Waals surface area contributed by atoms with Gasteiger partial charge in [0.15, 0.2) is 10.9 Å². The molecular formula is C22H22ClN5O2S2. The van der Waals surface area contributed by atoms with Crippen molar-refractivity contribution in [3.05, 3.63) is 63.8 Å². The van der Waals surface area contributed by atoms with E-state index < -0.39 is 0 Å². The molecule has 0 saturated carbocycles. The zero-order chi connectivity index (χ0) is 22.3. The summed E-state index contributed by atoms with van der Waals surface area (Å²) < 4.78 is 7.42. The van der Waals surface area contributed by atoms with E-state index in [-0.39, 0.29) is 5.91 Å².